The largest absolute Gasteiger partial charge is 0.369 e. The molecule has 3 saturated carbocycles. The van der Waals surface area contributed by atoms with Crippen LogP contribution in [-0.4, -0.2) is 47.3 Å². The molecule has 2 spiro atoms. The maximum Gasteiger partial charge on any atom is 0.238 e. The molecule has 3 aliphatic carbocycles. The van der Waals surface area contributed by atoms with Crippen LogP contribution in [-0.2, 0) is 19.8 Å². The van der Waals surface area contributed by atoms with Gasteiger partial charge in [-0.25, -0.2) is 4.39 Å². The van der Waals surface area contributed by atoms with Crippen molar-refractivity contribution in [2.24, 2.45) is 17.1 Å². The molecule has 10 heteroatoms. The van der Waals surface area contributed by atoms with Crippen molar-refractivity contribution in [1.29, 1.82) is 0 Å². The second kappa shape index (κ2) is 10.7. The lowest BCUT2D eigenvalue weighted by atomic mass is 9.55. The molecule has 44 heavy (non-hydrogen) atoms. The summed E-state index contributed by atoms with van der Waals surface area (Å²) in [5.74, 6) is -2.03. The minimum Gasteiger partial charge on any atom is -0.369 e. The van der Waals surface area contributed by atoms with Crippen LogP contribution in [0.5, 0.6) is 0 Å². The molecule has 7 nitrogen and oxygen atoms in total. The minimum absolute atomic E-state index is 0.0453. The summed E-state index contributed by atoms with van der Waals surface area (Å²) >= 11 is 12.8. The third-order valence-corrected chi connectivity index (χ3v) is 12.7. The van der Waals surface area contributed by atoms with Gasteiger partial charge >= 0.3 is 0 Å². The number of amides is 3. The van der Waals surface area contributed by atoms with Gasteiger partial charge in [0.25, 0.3) is 0 Å². The molecular weight excluding hydrogens is 602 g/mol. The smallest absolute Gasteiger partial charge is 0.238 e. The molecule has 2 aliphatic heterocycles. The van der Waals surface area contributed by atoms with Crippen molar-refractivity contribution in [3.63, 3.8) is 0 Å². The van der Waals surface area contributed by atoms with Gasteiger partial charge in [-0.15, -0.1) is 0 Å². The van der Waals surface area contributed by atoms with Crippen LogP contribution >= 0.6 is 23.2 Å². The summed E-state index contributed by atoms with van der Waals surface area (Å²) in [6.07, 6.45) is 8.76. The molecule has 7 rings (SSSR count). The minimum atomic E-state index is -1.26. The average molecular weight is 642 g/mol. The maximum atomic E-state index is 16.2. The molecule has 6 atom stereocenters. The number of carbonyl (C=O) groups is 3. The van der Waals surface area contributed by atoms with Crippen molar-refractivity contribution in [2.75, 3.05) is 12.4 Å². The highest BCUT2D eigenvalue weighted by atomic mass is 35.5. The van der Waals surface area contributed by atoms with Crippen LogP contribution in [0.1, 0.15) is 87.7 Å². The van der Waals surface area contributed by atoms with Crippen LogP contribution in [0.25, 0.3) is 0 Å². The average Bonchev–Trinajstić information content (AvgIpc) is 3.41. The molecule has 1 saturated heterocycles. The summed E-state index contributed by atoms with van der Waals surface area (Å²) in [6.45, 7) is 0. The van der Waals surface area contributed by atoms with E-state index < -0.39 is 34.1 Å². The molecule has 2 heterocycles. The molecule has 234 valence electrons. The highest BCUT2D eigenvalue weighted by molar-refractivity contribution is 6.31. The van der Waals surface area contributed by atoms with Crippen molar-refractivity contribution < 1.29 is 18.8 Å². The van der Waals surface area contributed by atoms with Gasteiger partial charge in [0.15, 0.2) is 0 Å². The van der Waals surface area contributed by atoms with Crippen LogP contribution in [0.3, 0.4) is 0 Å². The molecule has 5 aliphatic rings. The second-order valence-corrected chi connectivity index (χ2v) is 14.7. The van der Waals surface area contributed by atoms with E-state index in [-0.39, 0.29) is 40.3 Å². The monoisotopic (exact) mass is 640 g/mol. The Balaban J connectivity index is 1.37. The normalized spacial score (nSPS) is 34.1. The van der Waals surface area contributed by atoms with Crippen molar-refractivity contribution in [1.82, 2.24) is 10.2 Å². The molecule has 4 fully saturated rings. The zero-order valence-electron chi connectivity index (χ0n) is 24.9. The molecule has 2 aromatic rings. The van der Waals surface area contributed by atoms with Crippen LogP contribution in [0.2, 0.25) is 10.0 Å². The number of hydrogen-bond acceptors (Lipinski definition) is 4. The van der Waals surface area contributed by atoms with E-state index in [0.29, 0.717) is 42.8 Å². The number of anilines is 1. The van der Waals surface area contributed by atoms with Gasteiger partial charge in [0.05, 0.1) is 11.1 Å². The SMILES string of the molecule is CN1[C@@H](C(=O)NC2CCC3(C(N)=O)CCCC2C3)[C@H](c2cccc(Cl)c2F)[C@]2(C(=O)Nc3cc(Cl)ccc32)C12CCCCC2. The van der Waals surface area contributed by atoms with E-state index in [0.717, 1.165) is 44.1 Å². The number of primary amides is 1. The molecule has 3 unspecified atom stereocenters. The molecule has 0 radical (unpaired) electrons. The first-order valence-corrected chi connectivity index (χ1v) is 16.7. The van der Waals surface area contributed by atoms with Crippen LogP contribution in [0.4, 0.5) is 10.1 Å². The Hall–Kier alpha value is -2.68. The molecule has 2 bridgehead atoms. The second-order valence-electron chi connectivity index (χ2n) is 13.9. The number of likely N-dealkylation sites (tertiary alicyclic amines) is 1. The number of hydrogen-bond donors (Lipinski definition) is 3. The summed E-state index contributed by atoms with van der Waals surface area (Å²) in [6, 6.07) is 9.28. The van der Waals surface area contributed by atoms with E-state index in [1.54, 1.807) is 24.3 Å². The number of nitrogens with zero attached hydrogens (tertiary/aromatic N) is 1. The molecule has 2 aromatic carbocycles. The van der Waals surface area contributed by atoms with Crippen molar-refractivity contribution >= 4 is 46.6 Å². The number of carbonyl (C=O) groups excluding carboxylic acids is 3. The van der Waals surface area contributed by atoms with Crippen molar-refractivity contribution in [3.05, 3.63) is 63.4 Å². The predicted octanol–water partition coefficient (Wildman–Crippen LogP) is 6.06. The van der Waals surface area contributed by atoms with E-state index in [2.05, 4.69) is 15.5 Å². The highest BCUT2D eigenvalue weighted by Gasteiger charge is 2.74. The van der Waals surface area contributed by atoms with Gasteiger partial charge in [-0.2, -0.15) is 0 Å². The van der Waals surface area contributed by atoms with Gasteiger partial charge in [0.1, 0.15) is 11.2 Å². The van der Waals surface area contributed by atoms with Gasteiger partial charge < -0.3 is 16.4 Å². The van der Waals surface area contributed by atoms with E-state index in [9.17, 15) is 14.4 Å². The number of halogens is 3. The summed E-state index contributed by atoms with van der Waals surface area (Å²) in [4.78, 5) is 43.9. The van der Waals surface area contributed by atoms with Gasteiger partial charge in [0.2, 0.25) is 17.7 Å². The van der Waals surface area contributed by atoms with Crippen LogP contribution in [0.15, 0.2) is 36.4 Å². The summed E-state index contributed by atoms with van der Waals surface area (Å²) in [5.41, 5.74) is 4.98. The molecule has 0 aromatic heterocycles. The Morgan fingerprint density at radius 3 is 2.57 bits per heavy atom. The zero-order valence-corrected chi connectivity index (χ0v) is 26.4. The fraction of sp³-hybridized carbons (Fsp3) is 0.559. The number of nitrogens with two attached hydrogens (primary N) is 1. The zero-order chi connectivity index (χ0) is 31.0. The van der Waals surface area contributed by atoms with Gasteiger partial charge in [-0.05, 0) is 87.2 Å². The first-order chi connectivity index (χ1) is 21.1. The van der Waals surface area contributed by atoms with E-state index >= 15 is 4.39 Å². The summed E-state index contributed by atoms with van der Waals surface area (Å²) in [7, 11) is 1.93. The Morgan fingerprint density at radius 2 is 1.82 bits per heavy atom. The molecule has 3 amide bonds. The fourth-order valence-corrected chi connectivity index (χ4v) is 10.6. The lowest BCUT2D eigenvalue weighted by Gasteiger charge is -2.50. The van der Waals surface area contributed by atoms with Gasteiger partial charge in [-0.3, -0.25) is 19.3 Å². The topological polar surface area (TPSA) is 105 Å². The van der Waals surface area contributed by atoms with E-state index in [4.69, 9.17) is 28.9 Å². The first kappa shape index (κ1) is 30.0. The number of nitrogens with one attached hydrogen (secondary N) is 2. The number of rotatable bonds is 4. The lowest BCUT2D eigenvalue weighted by molar-refractivity contribution is -0.135. The molecule has 4 N–H and O–H groups in total. The highest BCUT2D eigenvalue weighted by Crippen LogP contribution is 2.66. The lowest BCUT2D eigenvalue weighted by Crippen LogP contribution is -2.61. The third-order valence-electron chi connectivity index (χ3n) is 12.1. The van der Waals surface area contributed by atoms with E-state index in [1.807, 2.05) is 13.1 Å². The fourth-order valence-electron chi connectivity index (χ4n) is 10.2. The predicted molar refractivity (Wildman–Crippen MR) is 168 cm³/mol. The maximum absolute atomic E-state index is 16.2. The van der Waals surface area contributed by atoms with Crippen LogP contribution < -0.4 is 16.4 Å². The van der Waals surface area contributed by atoms with Crippen molar-refractivity contribution in [3.8, 4) is 0 Å². The standard InChI is InChI=1S/C34H39Cl2FN4O3/c1-41-28(29(42)39-24-12-16-32(30(38)43)13-6-7-19(24)18-32)26(21-8-5-9-23(36)27(21)37)34(33(41)14-3-2-4-15-33)22-11-10-20(35)17-25(22)40-31(34)44/h5,8-11,17,19,24,26,28H,2-4,6-7,12-16,18H2,1H3,(H2,38,43)(H,39,42)(H,40,44)/t19?,24?,26-,28+,32?,34+/m0/s1. The number of likely N-dealkylation sites (N-methyl/N-ethyl adjacent to an activating group) is 1. The van der Waals surface area contributed by atoms with Crippen molar-refractivity contribution in [2.45, 2.75) is 99.6 Å². The number of fused-ring (bicyclic) bond motifs is 5. The number of benzene rings is 2. The van der Waals surface area contributed by atoms with Gasteiger partial charge in [-0.1, -0.05) is 67.1 Å². The summed E-state index contributed by atoms with van der Waals surface area (Å²) in [5, 5.41) is 6.91. The van der Waals surface area contributed by atoms with E-state index in [1.165, 1.54) is 6.07 Å². The Morgan fingerprint density at radius 1 is 1.05 bits per heavy atom. The third kappa shape index (κ3) is 4.06. The quantitative estimate of drug-likeness (QED) is 0.378. The van der Waals surface area contributed by atoms with Gasteiger partial charge in [0, 0.05) is 33.6 Å². The Kier molecular flexibility index (Phi) is 7.30. The first-order valence-electron chi connectivity index (χ1n) is 15.9. The van der Waals surface area contributed by atoms with Crippen LogP contribution in [0, 0.1) is 17.2 Å². The Bertz CT molecular complexity index is 1550. The Labute approximate surface area is 267 Å². The summed E-state index contributed by atoms with van der Waals surface area (Å²) < 4.78 is 16.2. The molecular formula is C34H39Cl2FN4O3.